The fraction of sp³-hybridized carbons (Fsp3) is 0.723. The van der Waals surface area contributed by atoms with Crippen molar-refractivity contribution in [1.29, 1.82) is 0 Å². The third-order valence-electron chi connectivity index (χ3n) is 9.84. The van der Waals surface area contributed by atoms with Crippen LogP contribution >= 0.6 is 7.82 Å². The summed E-state index contributed by atoms with van der Waals surface area (Å²) in [7, 11) is 1.20. The van der Waals surface area contributed by atoms with E-state index in [2.05, 4.69) is 67.8 Å². The minimum absolute atomic E-state index is 0.0201. The number of aliphatic hydroxyl groups excluding tert-OH is 1. The van der Waals surface area contributed by atoms with Crippen molar-refractivity contribution in [2.45, 2.75) is 179 Å². The number of rotatable bonds is 38. The molecule has 1 fully saturated rings. The zero-order valence-electron chi connectivity index (χ0n) is 36.7. The van der Waals surface area contributed by atoms with Gasteiger partial charge in [0.2, 0.25) is 5.91 Å². The summed E-state index contributed by atoms with van der Waals surface area (Å²) in [5, 5.41) is 13.7. The maximum absolute atomic E-state index is 12.8. The highest BCUT2D eigenvalue weighted by atomic mass is 31.2. The summed E-state index contributed by atoms with van der Waals surface area (Å²) < 4.78 is 28.8. The zero-order chi connectivity index (χ0) is 41.9. The average molecular weight is 819 g/mol. The van der Waals surface area contributed by atoms with Crippen molar-refractivity contribution in [1.82, 2.24) is 5.32 Å². The van der Waals surface area contributed by atoms with Crippen LogP contribution < -0.4 is 10.2 Å². The number of amides is 1. The molecule has 10 heteroatoms. The topological polar surface area (TPSA) is 120 Å². The van der Waals surface area contributed by atoms with Crippen molar-refractivity contribution < 1.29 is 37.6 Å². The van der Waals surface area contributed by atoms with Gasteiger partial charge in [-0.2, -0.15) is 0 Å². The second kappa shape index (κ2) is 34.7. The number of carbonyl (C=O) groups excluding carboxylic acids is 1. The quantitative estimate of drug-likeness (QED) is 0.0209. The molecule has 5 atom stereocenters. The number of hydrogen-bond donors (Lipinski definition) is 2. The molecule has 0 aromatic heterocycles. The number of aliphatic hydroxyl groups is 1. The van der Waals surface area contributed by atoms with Crippen molar-refractivity contribution in [3.05, 3.63) is 72.9 Å². The molecule has 1 aliphatic heterocycles. The molecule has 0 aromatic carbocycles. The number of unbranched alkanes of at least 4 members (excludes halogenated alkanes) is 13. The molecule has 0 spiro atoms. The van der Waals surface area contributed by atoms with Gasteiger partial charge >= 0.3 is 0 Å². The summed E-state index contributed by atoms with van der Waals surface area (Å²) >= 11 is 0. The number of likely N-dealkylation sites (N-methyl/N-ethyl adjacent to an activating group) is 1. The SMILES string of the molecule is CC/C=C\CC1OC1C/C=C\C/C=C\C/C=C\C/C=C\CCC(=O)N[C@@H](COP(=O)([O-])OCC[N+](C)(C)C)[C@H](O)/C=C/CCCCCCCCCCCCCCC. The molecule has 1 heterocycles. The summed E-state index contributed by atoms with van der Waals surface area (Å²) in [5.74, 6) is -0.285. The van der Waals surface area contributed by atoms with Crippen LogP contribution in [0.1, 0.15) is 155 Å². The molecule has 2 N–H and O–H groups in total. The van der Waals surface area contributed by atoms with Gasteiger partial charge in [-0.05, 0) is 57.8 Å². The lowest BCUT2D eigenvalue weighted by Gasteiger charge is -2.29. The summed E-state index contributed by atoms with van der Waals surface area (Å²) in [4.78, 5) is 25.3. The van der Waals surface area contributed by atoms with E-state index in [0.29, 0.717) is 29.7 Å². The van der Waals surface area contributed by atoms with Crippen LogP contribution in [0, 0.1) is 0 Å². The lowest BCUT2D eigenvalue weighted by atomic mass is 10.0. The molecule has 0 aromatic rings. The Morgan fingerprint density at radius 3 is 1.77 bits per heavy atom. The second-order valence-electron chi connectivity index (χ2n) is 16.4. The Bertz CT molecular complexity index is 1220. The fourth-order valence-electron chi connectivity index (χ4n) is 6.16. The van der Waals surface area contributed by atoms with Gasteiger partial charge < -0.3 is 33.6 Å². The Labute approximate surface area is 349 Å². The smallest absolute Gasteiger partial charge is 0.268 e. The van der Waals surface area contributed by atoms with E-state index in [4.69, 9.17) is 13.8 Å². The highest BCUT2D eigenvalue weighted by Gasteiger charge is 2.36. The molecular weight excluding hydrogens is 735 g/mol. The van der Waals surface area contributed by atoms with E-state index in [-0.39, 0.29) is 18.9 Å². The normalized spacial score (nSPS) is 18.6. The number of nitrogens with one attached hydrogen (secondary N) is 1. The van der Waals surface area contributed by atoms with Crippen molar-refractivity contribution in [2.75, 3.05) is 40.9 Å². The Morgan fingerprint density at radius 1 is 0.719 bits per heavy atom. The molecule has 57 heavy (non-hydrogen) atoms. The van der Waals surface area contributed by atoms with Gasteiger partial charge in [-0.3, -0.25) is 9.36 Å². The molecule has 328 valence electrons. The maximum Gasteiger partial charge on any atom is 0.268 e. The monoisotopic (exact) mass is 819 g/mol. The lowest BCUT2D eigenvalue weighted by Crippen LogP contribution is -2.45. The van der Waals surface area contributed by atoms with Crippen LogP contribution in [0.25, 0.3) is 0 Å². The lowest BCUT2D eigenvalue weighted by molar-refractivity contribution is -0.870. The van der Waals surface area contributed by atoms with E-state index in [0.717, 1.165) is 57.8 Å². The van der Waals surface area contributed by atoms with Gasteiger partial charge in [-0.15, -0.1) is 0 Å². The summed E-state index contributed by atoms with van der Waals surface area (Å²) in [6.45, 7) is 4.45. The maximum atomic E-state index is 12.8. The molecule has 1 saturated heterocycles. The van der Waals surface area contributed by atoms with E-state index < -0.39 is 26.6 Å². The minimum Gasteiger partial charge on any atom is -0.756 e. The molecule has 1 rings (SSSR count). The first-order valence-electron chi connectivity index (χ1n) is 22.4. The number of phosphoric ester groups is 1. The minimum atomic E-state index is -4.61. The third kappa shape index (κ3) is 34.5. The predicted octanol–water partition coefficient (Wildman–Crippen LogP) is 10.8. The van der Waals surface area contributed by atoms with E-state index in [1.165, 1.54) is 70.6 Å². The highest BCUT2D eigenvalue weighted by molar-refractivity contribution is 7.45. The molecule has 1 amide bonds. The number of phosphoric acid groups is 1. The van der Waals surface area contributed by atoms with E-state index in [9.17, 15) is 19.4 Å². The van der Waals surface area contributed by atoms with Crippen LogP contribution in [0.15, 0.2) is 72.9 Å². The molecule has 9 nitrogen and oxygen atoms in total. The average Bonchev–Trinajstić information content (AvgIpc) is 3.92. The van der Waals surface area contributed by atoms with Crippen LogP contribution in [0.5, 0.6) is 0 Å². The largest absolute Gasteiger partial charge is 0.756 e. The Kier molecular flexibility index (Phi) is 32.2. The number of allylic oxidation sites excluding steroid dienone is 9. The molecule has 0 saturated carbocycles. The van der Waals surface area contributed by atoms with E-state index in [1.54, 1.807) is 6.08 Å². The fourth-order valence-corrected chi connectivity index (χ4v) is 6.88. The van der Waals surface area contributed by atoms with E-state index in [1.807, 2.05) is 39.4 Å². The molecule has 1 aliphatic rings. The van der Waals surface area contributed by atoms with Crippen LogP contribution in [0.2, 0.25) is 0 Å². The van der Waals surface area contributed by atoms with Crippen LogP contribution in [-0.2, 0) is 23.1 Å². The zero-order valence-corrected chi connectivity index (χ0v) is 37.6. The first-order chi connectivity index (χ1) is 27.5. The Morgan fingerprint density at radius 2 is 1.23 bits per heavy atom. The number of quaternary nitrogens is 1. The number of epoxide rings is 1. The third-order valence-corrected chi connectivity index (χ3v) is 10.8. The van der Waals surface area contributed by atoms with Crippen LogP contribution in [0.4, 0.5) is 0 Å². The van der Waals surface area contributed by atoms with Crippen molar-refractivity contribution in [3.8, 4) is 0 Å². The van der Waals surface area contributed by atoms with Crippen molar-refractivity contribution in [2.24, 2.45) is 0 Å². The summed E-state index contributed by atoms with van der Waals surface area (Å²) in [6, 6.07) is -0.933. The van der Waals surface area contributed by atoms with Crippen LogP contribution in [-0.4, -0.2) is 80.8 Å². The van der Waals surface area contributed by atoms with Gasteiger partial charge in [-0.1, -0.05) is 164 Å². The number of nitrogens with zero attached hydrogens (tertiary/aromatic N) is 1. The summed E-state index contributed by atoms with van der Waals surface area (Å²) in [6.07, 6.45) is 48.6. The van der Waals surface area contributed by atoms with Crippen molar-refractivity contribution in [3.63, 3.8) is 0 Å². The standard InChI is InChI=1S/C47H83N2O7P/c1-6-8-10-11-12-13-14-15-16-17-20-23-26-29-33-36-44(50)43(42-55-57(52,53)54-41-40-49(3,4)5)48-47(51)39-35-31-28-25-22-19-18-21-24-27-30-34-38-46-45(56-46)37-32-9-7-2/h9,19,21-22,24,28,30-34,36,43-46,50H,6-8,10-18,20,23,25-27,29,35,37-42H2,1-5H3,(H-,48,51,52,53)/b22-19-,24-21-,31-28-,32-9-,34-30-,36-33+/t43-,44+,45?,46?/m0/s1. The van der Waals surface area contributed by atoms with Gasteiger partial charge in [-0.25, -0.2) is 0 Å². The van der Waals surface area contributed by atoms with Gasteiger partial charge in [0.15, 0.2) is 0 Å². The Hall–Kier alpha value is -2.10. The first-order valence-corrected chi connectivity index (χ1v) is 23.9. The summed E-state index contributed by atoms with van der Waals surface area (Å²) in [5.41, 5.74) is 0. The first kappa shape index (κ1) is 52.9. The molecule has 3 unspecified atom stereocenters. The second-order valence-corrected chi connectivity index (χ2v) is 17.8. The number of carbonyl (C=O) groups is 1. The van der Waals surface area contributed by atoms with Gasteiger partial charge in [0, 0.05) is 6.42 Å². The number of ether oxygens (including phenoxy) is 1. The van der Waals surface area contributed by atoms with Crippen LogP contribution in [0.3, 0.4) is 0 Å². The van der Waals surface area contributed by atoms with E-state index >= 15 is 0 Å². The highest BCUT2D eigenvalue weighted by Crippen LogP contribution is 2.38. The van der Waals surface area contributed by atoms with Gasteiger partial charge in [0.25, 0.3) is 7.82 Å². The molecule has 0 bridgehead atoms. The predicted molar refractivity (Wildman–Crippen MR) is 237 cm³/mol. The van der Waals surface area contributed by atoms with Gasteiger partial charge in [0.05, 0.1) is 52.1 Å². The molecule has 0 radical (unpaired) electrons. The Balaban J connectivity index is 2.37. The van der Waals surface area contributed by atoms with Gasteiger partial charge in [0.1, 0.15) is 13.2 Å². The molecular formula is C47H83N2O7P. The van der Waals surface area contributed by atoms with Crippen molar-refractivity contribution >= 4 is 13.7 Å². The number of hydrogen-bond acceptors (Lipinski definition) is 7. The molecule has 0 aliphatic carbocycles.